The third-order valence-corrected chi connectivity index (χ3v) is 6.69. The quantitative estimate of drug-likeness (QED) is 0.555. The Hall–Kier alpha value is -1.80. The number of piperidine rings is 1. The van der Waals surface area contributed by atoms with Crippen LogP contribution in [0.25, 0.3) is 10.2 Å². The van der Waals surface area contributed by atoms with Crippen LogP contribution in [0.3, 0.4) is 0 Å². The van der Waals surface area contributed by atoms with Gasteiger partial charge in [-0.1, -0.05) is 23.5 Å². The fourth-order valence-electron chi connectivity index (χ4n) is 3.96. The maximum absolute atomic E-state index is 13.2. The predicted molar refractivity (Wildman–Crippen MR) is 128 cm³/mol. The third-order valence-electron chi connectivity index (χ3n) is 5.60. The highest BCUT2D eigenvalue weighted by Crippen LogP contribution is 2.33. The number of benzene rings is 2. The summed E-state index contributed by atoms with van der Waals surface area (Å²) >= 11 is 1.78. The van der Waals surface area contributed by atoms with E-state index in [2.05, 4.69) is 28.4 Å². The molecule has 0 bridgehead atoms. The molecule has 2 aliphatic heterocycles. The van der Waals surface area contributed by atoms with Crippen molar-refractivity contribution < 1.29 is 13.9 Å². The van der Waals surface area contributed by atoms with Gasteiger partial charge in [0.2, 0.25) is 0 Å². The zero-order valence-electron chi connectivity index (χ0n) is 17.0. The topological polar surface area (TPSA) is 46.6 Å². The number of thiazole rings is 1. The van der Waals surface area contributed by atoms with Gasteiger partial charge in [0.1, 0.15) is 18.5 Å². The number of rotatable bonds is 5. The van der Waals surface area contributed by atoms with Crippen molar-refractivity contribution in [2.75, 3.05) is 37.7 Å². The van der Waals surface area contributed by atoms with Crippen LogP contribution in [-0.4, -0.2) is 43.9 Å². The monoisotopic (exact) mass is 485 g/mol. The minimum absolute atomic E-state index is 0. The summed E-state index contributed by atoms with van der Waals surface area (Å²) in [7, 11) is 0. The first kappa shape index (κ1) is 23.9. The second-order valence-electron chi connectivity index (χ2n) is 7.69. The van der Waals surface area contributed by atoms with E-state index in [0.717, 1.165) is 49.7 Å². The molecule has 0 aliphatic carbocycles. The molecule has 168 valence electrons. The number of anilines is 1. The summed E-state index contributed by atoms with van der Waals surface area (Å²) in [5.74, 6) is 1.46. The minimum atomic E-state index is -0.305. The first-order chi connectivity index (χ1) is 14.2. The number of halogens is 3. The van der Waals surface area contributed by atoms with Gasteiger partial charge in [-0.3, -0.25) is 0 Å². The normalized spacial score (nSPS) is 18.4. The van der Waals surface area contributed by atoms with Gasteiger partial charge in [0.15, 0.2) is 16.6 Å². The number of hydrogen-bond acceptors (Lipinski definition) is 6. The van der Waals surface area contributed by atoms with Crippen LogP contribution in [0.1, 0.15) is 12.8 Å². The van der Waals surface area contributed by atoms with E-state index >= 15 is 0 Å². The van der Waals surface area contributed by atoms with Gasteiger partial charge in [0, 0.05) is 25.7 Å². The summed E-state index contributed by atoms with van der Waals surface area (Å²) in [6.45, 7) is 4.25. The molecular weight excluding hydrogens is 460 g/mol. The molecule has 0 radical (unpaired) electrons. The second kappa shape index (κ2) is 10.7. The van der Waals surface area contributed by atoms with Crippen molar-refractivity contribution in [1.29, 1.82) is 0 Å². The van der Waals surface area contributed by atoms with E-state index in [1.807, 2.05) is 6.07 Å². The molecule has 0 saturated carbocycles. The highest BCUT2D eigenvalue weighted by molar-refractivity contribution is 7.22. The summed E-state index contributed by atoms with van der Waals surface area (Å²) in [4.78, 5) is 7.20. The molecule has 0 amide bonds. The van der Waals surface area contributed by atoms with Crippen LogP contribution in [0.4, 0.5) is 9.52 Å². The summed E-state index contributed by atoms with van der Waals surface area (Å²) in [6.07, 6.45) is 2.27. The van der Waals surface area contributed by atoms with Crippen LogP contribution in [0, 0.1) is 11.7 Å². The van der Waals surface area contributed by atoms with Crippen molar-refractivity contribution in [2.24, 2.45) is 5.92 Å². The van der Waals surface area contributed by atoms with Crippen molar-refractivity contribution >= 4 is 51.5 Å². The van der Waals surface area contributed by atoms with Gasteiger partial charge in [-0.25, -0.2) is 9.37 Å². The van der Waals surface area contributed by atoms with E-state index in [0.29, 0.717) is 24.0 Å². The highest BCUT2D eigenvalue weighted by atomic mass is 35.5. The van der Waals surface area contributed by atoms with Crippen LogP contribution in [-0.2, 0) is 0 Å². The Bertz CT molecular complexity index is 965. The van der Waals surface area contributed by atoms with Crippen molar-refractivity contribution in [3.63, 3.8) is 0 Å². The fourth-order valence-corrected chi connectivity index (χ4v) is 4.98. The molecule has 31 heavy (non-hydrogen) atoms. The third kappa shape index (κ3) is 5.52. The van der Waals surface area contributed by atoms with E-state index in [1.54, 1.807) is 17.4 Å². The fraction of sp³-hybridized carbons (Fsp3) is 0.409. The van der Waals surface area contributed by atoms with Crippen molar-refractivity contribution in [2.45, 2.75) is 18.9 Å². The number of nitrogens with zero attached hydrogens (tertiary/aromatic N) is 2. The molecule has 5 nitrogen and oxygen atoms in total. The molecule has 5 rings (SSSR count). The van der Waals surface area contributed by atoms with Gasteiger partial charge in [-0.2, -0.15) is 0 Å². The average molecular weight is 486 g/mol. The minimum Gasteiger partial charge on any atom is -0.486 e. The number of nitrogens with one attached hydrogen (secondary N) is 1. The zero-order valence-corrected chi connectivity index (χ0v) is 19.4. The number of hydrogen-bond donors (Lipinski definition) is 1. The molecule has 3 aromatic rings. The molecular formula is C22H26Cl2FN3O2S. The SMILES string of the molecule is Cl.Cl.Fc1ccc2c(c1)OCC(CNCC1CCN(c3nc4ccccc4s3)CC1)O2. The molecule has 9 heteroatoms. The molecule has 1 fully saturated rings. The molecule has 2 aliphatic rings. The molecule has 2 aromatic carbocycles. The van der Waals surface area contributed by atoms with Crippen molar-refractivity contribution in [3.8, 4) is 11.5 Å². The average Bonchev–Trinajstić information content (AvgIpc) is 3.18. The van der Waals surface area contributed by atoms with E-state index in [1.165, 1.54) is 16.8 Å². The van der Waals surface area contributed by atoms with Gasteiger partial charge in [0.25, 0.3) is 0 Å². The van der Waals surface area contributed by atoms with Crippen LogP contribution < -0.4 is 19.7 Å². The molecule has 3 heterocycles. The molecule has 1 N–H and O–H groups in total. The first-order valence-corrected chi connectivity index (χ1v) is 11.0. The van der Waals surface area contributed by atoms with E-state index < -0.39 is 0 Å². The van der Waals surface area contributed by atoms with E-state index in [9.17, 15) is 4.39 Å². The van der Waals surface area contributed by atoms with Crippen molar-refractivity contribution in [1.82, 2.24) is 10.3 Å². The van der Waals surface area contributed by atoms with Crippen LogP contribution in [0.2, 0.25) is 0 Å². The number of ether oxygens (including phenoxy) is 2. The van der Waals surface area contributed by atoms with Gasteiger partial charge in [-0.05, 0) is 49.6 Å². The Kier molecular flexibility index (Phi) is 8.22. The lowest BCUT2D eigenvalue weighted by Gasteiger charge is -2.32. The maximum atomic E-state index is 13.2. The predicted octanol–water partition coefficient (Wildman–Crippen LogP) is 4.93. The molecule has 1 unspecified atom stereocenters. The lowest BCUT2D eigenvalue weighted by atomic mass is 9.97. The lowest BCUT2D eigenvalue weighted by molar-refractivity contribution is 0.0889. The summed E-state index contributed by atoms with van der Waals surface area (Å²) in [5, 5.41) is 4.67. The van der Waals surface area contributed by atoms with Gasteiger partial charge < -0.3 is 19.7 Å². The first-order valence-electron chi connectivity index (χ1n) is 10.1. The smallest absolute Gasteiger partial charge is 0.186 e. The lowest BCUT2D eigenvalue weighted by Crippen LogP contribution is -2.42. The van der Waals surface area contributed by atoms with Crippen LogP contribution in [0.5, 0.6) is 11.5 Å². The zero-order chi connectivity index (χ0) is 19.6. The Morgan fingerprint density at radius 2 is 1.87 bits per heavy atom. The van der Waals surface area contributed by atoms with Crippen LogP contribution in [0.15, 0.2) is 42.5 Å². The van der Waals surface area contributed by atoms with Crippen LogP contribution >= 0.6 is 36.2 Å². The number of fused-ring (bicyclic) bond motifs is 2. The number of aromatic nitrogens is 1. The Labute approximate surface area is 197 Å². The Morgan fingerprint density at radius 1 is 1.06 bits per heavy atom. The molecule has 1 atom stereocenters. The molecule has 0 spiro atoms. The summed E-state index contributed by atoms with van der Waals surface area (Å²) in [5.41, 5.74) is 1.09. The molecule has 1 aromatic heterocycles. The van der Waals surface area contributed by atoms with E-state index in [-0.39, 0.29) is 36.7 Å². The summed E-state index contributed by atoms with van der Waals surface area (Å²) in [6, 6.07) is 12.7. The van der Waals surface area contributed by atoms with E-state index in [4.69, 9.17) is 14.5 Å². The molecule has 1 saturated heterocycles. The maximum Gasteiger partial charge on any atom is 0.186 e. The largest absolute Gasteiger partial charge is 0.486 e. The Balaban J connectivity index is 0.00000136. The van der Waals surface area contributed by atoms with Gasteiger partial charge in [0.05, 0.1) is 10.2 Å². The van der Waals surface area contributed by atoms with Gasteiger partial charge >= 0.3 is 0 Å². The highest BCUT2D eigenvalue weighted by Gasteiger charge is 2.24. The van der Waals surface area contributed by atoms with Crippen molar-refractivity contribution in [3.05, 3.63) is 48.3 Å². The standard InChI is InChI=1S/C22H24FN3O2S.2ClH/c23-16-5-6-19-20(11-16)27-14-17(28-19)13-24-12-15-7-9-26(10-8-15)22-25-18-3-1-2-4-21(18)29-22;;/h1-6,11,15,17,24H,7-10,12-14H2;2*1H. The van der Waals surface area contributed by atoms with Gasteiger partial charge in [-0.15, -0.1) is 24.8 Å². The number of para-hydroxylation sites is 1. The Morgan fingerprint density at radius 3 is 2.68 bits per heavy atom. The summed E-state index contributed by atoms with van der Waals surface area (Å²) < 4.78 is 26.0. The second-order valence-corrected chi connectivity index (χ2v) is 8.70.